The summed E-state index contributed by atoms with van der Waals surface area (Å²) < 4.78 is 34.8. The third kappa shape index (κ3) is 7.44. The first-order valence-corrected chi connectivity index (χ1v) is 10.2. The highest BCUT2D eigenvalue weighted by Crippen LogP contribution is 2.33. The molecule has 0 saturated heterocycles. The fourth-order valence-corrected chi connectivity index (χ4v) is 3.50. The van der Waals surface area contributed by atoms with Crippen LogP contribution in [-0.4, -0.2) is 44.9 Å². The first-order chi connectivity index (χ1) is 14.7. The fourth-order valence-electron chi connectivity index (χ4n) is 3.16. The van der Waals surface area contributed by atoms with Crippen LogP contribution in [0.25, 0.3) is 0 Å². The molecular weight excluding hydrogens is 432 g/mol. The number of carboxylic acids is 2. The van der Waals surface area contributed by atoms with Gasteiger partial charge in [-0.2, -0.15) is 0 Å². The van der Waals surface area contributed by atoms with Crippen molar-refractivity contribution < 1.29 is 33.3 Å². The molecule has 1 aliphatic heterocycles. The summed E-state index contributed by atoms with van der Waals surface area (Å²) in [6.07, 6.45) is 4.08. The van der Waals surface area contributed by atoms with E-state index in [-0.39, 0.29) is 24.6 Å². The number of nitrogens with one attached hydrogen (secondary N) is 1. The van der Waals surface area contributed by atoms with Crippen molar-refractivity contribution in [2.24, 2.45) is 5.73 Å². The Morgan fingerprint density at radius 3 is 2.45 bits per heavy atom. The molecule has 0 aliphatic carbocycles. The molecule has 11 heteroatoms. The van der Waals surface area contributed by atoms with Crippen LogP contribution in [0.2, 0.25) is 0 Å². The number of benzene rings is 1. The first kappa shape index (κ1) is 24.5. The SMILES string of the molecule is NCCc1cn([C@H]2COc3c(F)cc(F)cc3C2)c(=S)[nH]1.O=C(O)CCCCC(=O)O. The molecule has 0 bridgehead atoms. The number of nitrogens with two attached hydrogens (primary N) is 1. The fraction of sp³-hybridized carbons (Fsp3) is 0.450. The van der Waals surface area contributed by atoms with Crippen molar-refractivity contribution in [3.8, 4) is 5.75 Å². The number of imidazole rings is 1. The number of nitrogens with zero attached hydrogens (tertiary/aromatic N) is 1. The van der Waals surface area contributed by atoms with E-state index in [9.17, 15) is 18.4 Å². The molecule has 3 rings (SSSR count). The molecule has 0 saturated carbocycles. The zero-order valence-corrected chi connectivity index (χ0v) is 17.6. The third-order valence-corrected chi connectivity index (χ3v) is 4.91. The standard InChI is InChI=1S/C14H15F2N3OS.C6H10O4/c15-9-3-8-4-11(7-20-13(8)12(16)5-9)19-6-10(1-2-17)18-14(19)21;7-5(8)3-1-2-4-6(9)10/h3,5-6,11H,1-2,4,7,17H2,(H,18,21);1-4H2,(H,7,8)(H,9,10)/t11-;/m1./s1. The number of aliphatic carboxylic acids is 2. The molecule has 2 heterocycles. The van der Waals surface area contributed by atoms with Crippen molar-refractivity contribution in [2.75, 3.05) is 13.2 Å². The predicted molar refractivity (Wildman–Crippen MR) is 111 cm³/mol. The van der Waals surface area contributed by atoms with Gasteiger partial charge in [-0.3, -0.25) is 9.59 Å². The highest BCUT2D eigenvalue weighted by atomic mass is 32.1. The summed E-state index contributed by atoms with van der Waals surface area (Å²) in [5, 5.41) is 16.3. The van der Waals surface area contributed by atoms with Crippen molar-refractivity contribution >= 4 is 24.2 Å². The summed E-state index contributed by atoms with van der Waals surface area (Å²) in [6, 6.07) is 2.05. The first-order valence-electron chi connectivity index (χ1n) is 9.75. The summed E-state index contributed by atoms with van der Waals surface area (Å²) in [4.78, 5) is 22.9. The average molecular weight is 457 g/mol. The van der Waals surface area contributed by atoms with Gasteiger partial charge in [0.05, 0.1) is 6.04 Å². The largest absolute Gasteiger partial charge is 0.488 e. The molecule has 5 N–H and O–H groups in total. The Hall–Kier alpha value is -2.79. The van der Waals surface area contributed by atoms with E-state index in [1.807, 2.05) is 10.8 Å². The van der Waals surface area contributed by atoms with E-state index >= 15 is 0 Å². The van der Waals surface area contributed by atoms with Crippen molar-refractivity contribution in [3.05, 3.63) is 46.0 Å². The summed E-state index contributed by atoms with van der Waals surface area (Å²) in [5.74, 6) is -2.87. The average Bonchev–Trinajstić information content (AvgIpc) is 3.05. The van der Waals surface area contributed by atoms with E-state index < -0.39 is 23.6 Å². The van der Waals surface area contributed by atoms with Gasteiger partial charge in [0.2, 0.25) is 0 Å². The Morgan fingerprint density at radius 1 is 1.23 bits per heavy atom. The monoisotopic (exact) mass is 457 g/mol. The van der Waals surface area contributed by atoms with Crippen LogP contribution < -0.4 is 10.5 Å². The molecule has 2 aromatic rings. The number of halogens is 2. The molecule has 31 heavy (non-hydrogen) atoms. The van der Waals surface area contributed by atoms with Crippen LogP contribution in [0, 0.1) is 16.4 Å². The maximum atomic E-state index is 13.6. The van der Waals surface area contributed by atoms with Gasteiger partial charge in [0, 0.05) is 49.2 Å². The number of unbranched alkanes of at least 4 members (excludes halogenated alkanes) is 1. The Labute approximate surface area is 182 Å². The molecule has 0 radical (unpaired) electrons. The number of hydrogen-bond donors (Lipinski definition) is 4. The van der Waals surface area contributed by atoms with Gasteiger partial charge in [-0.15, -0.1) is 0 Å². The van der Waals surface area contributed by atoms with Gasteiger partial charge in [-0.25, -0.2) is 8.78 Å². The highest BCUT2D eigenvalue weighted by Gasteiger charge is 2.25. The molecule has 1 aromatic heterocycles. The van der Waals surface area contributed by atoms with Gasteiger partial charge in [0.1, 0.15) is 12.4 Å². The Balaban J connectivity index is 0.000000291. The summed E-state index contributed by atoms with van der Waals surface area (Å²) in [5.41, 5.74) is 6.99. The lowest BCUT2D eigenvalue weighted by Crippen LogP contribution is -2.25. The van der Waals surface area contributed by atoms with Gasteiger partial charge in [-0.1, -0.05) is 0 Å². The third-order valence-electron chi connectivity index (χ3n) is 4.60. The second-order valence-corrected chi connectivity index (χ2v) is 7.46. The van der Waals surface area contributed by atoms with Crippen molar-refractivity contribution in [3.63, 3.8) is 0 Å². The van der Waals surface area contributed by atoms with E-state index in [1.165, 1.54) is 6.07 Å². The summed E-state index contributed by atoms with van der Waals surface area (Å²) >= 11 is 5.28. The van der Waals surface area contributed by atoms with Crippen LogP contribution in [0.15, 0.2) is 18.3 Å². The van der Waals surface area contributed by atoms with Crippen LogP contribution in [0.3, 0.4) is 0 Å². The molecule has 8 nitrogen and oxygen atoms in total. The van der Waals surface area contributed by atoms with Crippen LogP contribution in [0.4, 0.5) is 8.78 Å². The lowest BCUT2D eigenvalue weighted by Gasteiger charge is -2.26. The summed E-state index contributed by atoms with van der Waals surface area (Å²) in [6.45, 7) is 0.819. The minimum absolute atomic E-state index is 0.0628. The molecule has 0 amide bonds. The van der Waals surface area contributed by atoms with Crippen molar-refractivity contribution in [1.29, 1.82) is 0 Å². The number of ether oxygens (including phenoxy) is 1. The van der Waals surface area contributed by atoms with Gasteiger partial charge in [0.25, 0.3) is 0 Å². The molecule has 170 valence electrons. The predicted octanol–water partition coefficient (Wildman–Crippen LogP) is 3.22. The Bertz CT molecular complexity index is 960. The maximum Gasteiger partial charge on any atom is 0.303 e. The van der Waals surface area contributed by atoms with Gasteiger partial charge >= 0.3 is 11.9 Å². The lowest BCUT2D eigenvalue weighted by molar-refractivity contribution is -0.139. The number of carbonyl (C=O) groups is 2. The van der Waals surface area contributed by atoms with Crippen molar-refractivity contribution in [1.82, 2.24) is 9.55 Å². The quantitative estimate of drug-likeness (QED) is 0.354. The van der Waals surface area contributed by atoms with E-state index in [0.717, 1.165) is 11.8 Å². The Kier molecular flexibility index (Phi) is 9.13. The van der Waals surface area contributed by atoms with E-state index in [2.05, 4.69) is 4.98 Å². The maximum absolute atomic E-state index is 13.6. The van der Waals surface area contributed by atoms with E-state index in [4.69, 9.17) is 32.9 Å². The topological polar surface area (TPSA) is 131 Å². The molecular formula is C20H25F2N3O5S. The van der Waals surface area contributed by atoms with Crippen molar-refractivity contribution in [2.45, 2.75) is 44.6 Å². The number of hydrogen-bond acceptors (Lipinski definition) is 5. The molecule has 1 aliphatic rings. The van der Waals surface area contributed by atoms with Gasteiger partial charge in [-0.05, 0) is 37.7 Å². The highest BCUT2D eigenvalue weighted by molar-refractivity contribution is 7.71. The zero-order valence-electron chi connectivity index (χ0n) is 16.8. The lowest BCUT2D eigenvalue weighted by atomic mass is 10.0. The number of aromatic nitrogens is 2. The summed E-state index contributed by atoms with van der Waals surface area (Å²) in [7, 11) is 0. The molecule has 1 atom stereocenters. The number of aromatic amines is 1. The number of rotatable bonds is 8. The Morgan fingerprint density at radius 2 is 1.87 bits per heavy atom. The van der Waals surface area contributed by atoms with Gasteiger partial charge in [0.15, 0.2) is 16.3 Å². The zero-order chi connectivity index (χ0) is 23.0. The normalized spacial score (nSPS) is 14.7. The van der Waals surface area contributed by atoms with Crippen LogP contribution in [-0.2, 0) is 22.4 Å². The number of carboxylic acid groups (broad SMARTS) is 2. The minimum atomic E-state index is -0.870. The second-order valence-electron chi connectivity index (χ2n) is 7.07. The smallest absolute Gasteiger partial charge is 0.303 e. The van der Waals surface area contributed by atoms with E-state index in [0.29, 0.717) is 49.2 Å². The number of fused-ring (bicyclic) bond motifs is 1. The van der Waals surface area contributed by atoms with E-state index in [1.54, 1.807) is 0 Å². The molecule has 1 aromatic carbocycles. The minimum Gasteiger partial charge on any atom is -0.488 e. The van der Waals surface area contributed by atoms with Crippen LogP contribution >= 0.6 is 12.2 Å². The second kappa shape index (κ2) is 11.6. The molecule has 0 unspecified atom stereocenters. The molecule has 0 spiro atoms. The van der Waals surface area contributed by atoms with Gasteiger partial charge < -0.3 is 30.2 Å². The van der Waals surface area contributed by atoms with Crippen LogP contribution in [0.1, 0.15) is 43.0 Å². The molecule has 0 fully saturated rings. The van der Waals surface area contributed by atoms with Crippen LogP contribution in [0.5, 0.6) is 5.75 Å². The number of H-pyrrole nitrogens is 1.